The topological polar surface area (TPSA) is 13.1 Å². The first-order valence-electron chi connectivity index (χ1n) is 31.7. The highest BCUT2D eigenvalue weighted by Gasteiger charge is 2.21. The average Bonchev–Trinajstić information content (AvgIpc) is 1.09. The first-order valence-corrected chi connectivity index (χ1v) is 16.7. The Bertz CT molecular complexity index is 5420. The molecular weight excluding hydrogens is 665 g/mol. The third-order valence-electron chi connectivity index (χ3n) is 9.89. The summed E-state index contributed by atoms with van der Waals surface area (Å²) < 4.78 is 285. The van der Waals surface area contributed by atoms with Crippen LogP contribution in [0.15, 0.2) is 186 Å². The molecule has 252 valence electrons. The lowest BCUT2D eigenvalue weighted by Gasteiger charge is -2.19. The Labute approximate surface area is 358 Å². The molecule has 12 aromatic carbocycles. The van der Waals surface area contributed by atoms with Crippen LogP contribution in [0.2, 0.25) is 0 Å². The van der Waals surface area contributed by atoms with Crippen LogP contribution in [-0.2, 0) is 0 Å². The van der Waals surface area contributed by atoms with Crippen molar-refractivity contribution in [3.8, 4) is 33.4 Å². The molecule has 0 aliphatic rings. The number of benzene rings is 12. The van der Waals surface area contributed by atoms with Gasteiger partial charge >= 0.3 is 0 Å². The van der Waals surface area contributed by atoms with Crippen LogP contribution in [0.1, 0.15) is 41.1 Å². The summed E-state index contributed by atoms with van der Waals surface area (Å²) in [6, 6.07) is -26.7. The molecule has 1 heterocycles. The standard InChI is InChI=1S/C54H30O/c1-2-7-38-30-49-47(28-37(38)6-1)54-43(12-5-13-48(54)55-49)41-25-22-39(40-23-18-35-16-14-31-8-3-10-33-20-26-44(40)52(35)50(31)33)29-46(41)42-24-19-36-17-15-32-9-4-11-34-21-27-45(42)53(36)51(32)34/h1-30H/i1D,2D,3D,4D,5D,6D,7D,8D,9D,10D,11D,12D,13D,14D,15D,16D,17D,18D,19D,20D,21D,22D,23D,24D,25D,26D,27D,28D,29D,30D. The van der Waals surface area contributed by atoms with Gasteiger partial charge in [0.1, 0.15) is 11.2 Å². The van der Waals surface area contributed by atoms with Gasteiger partial charge in [-0.2, -0.15) is 0 Å². The average molecular weight is 725 g/mol. The Morgan fingerprint density at radius 3 is 1.45 bits per heavy atom. The maximum Gasteiger partial charge on any atom is 0.136 e. The zero-order valence-electron chi connectivity index (χ0n) is 57.4. The predicted octanol–water partition coefficient (Wildman–Crippen LogP) is 15.5. The Hall–Kier alpha value is -7.22. The molecule has 13 rings (SSSR count). The van der Waals surface area contributed by atoms with E-state index in [1.807, 2.05) is 0 Å². The lowest BCUT2D eigenvalue weighted by Crippen LogP contribution is -1.92. The molecule has 0 saturated carbocycles. The molecule has 1 nitrogen and oxygen atoms in total. The van der Waals surface area contributed by atoms with Crippen molar-refractivity contribution < 1.29 is 45.5 Å². The van der Waals surface area contributed by atoms with Crippen LogP contribution in [-0.4, -0.2) is 0 Å². The molecule has 0 atom stereocenters. The SMILES string of the molecule is [2H]c1c([2H])c(-c2c([2H])c([2H])c([2H])c3oc4c([2H])c5c([2H])c([2H])c([2H])c([2H])c5c([2H])c4c23)c(-c2c([2H])c([2H])c3c([2H])c([2H])c4c([2H])c([2H])c([2H])c5c([2H])c([2H])c2c3c45)c([2H])c1-c1c([2H])c([2H])c2c([2H])c([2H])c3c([2H])c([2H])c([2H])c4c([2H])c([2H])c1c2c34. The van der Waals surface area contributed by atoms with Gasteiger partial charge in [-0.3, -0.25) is 0 Å². The lowest BCUT2D eigenvalue weighted by molar-refractivity contribution is 0.669. The molecule has 0 N–H and O–H groups in total. The molecule has 1 heteroatoms. The van der Waals surface area contributed by atoms with Crippen molar-refractivity contribution >= 4 is 97.3 Å². The van der Waals surface area contributed by atoms with Gasteiger partial charge in [0.25, 0.3) is 0 Å². The van der Waals surface area contributed by atoms with Gasteiger partial charge in [0.2, 0.25) is 0 Å². The second-order valence-electron chi connectivity index (χ2n) is 12.8. The summed E-state index contributed by atoms with van der Waals surface area (Å²) in [6.07, 6.45) is 0. The van der Waals surface area contributed by atoms with Crippen LogP contribution in [0, 0.1) is 0 Å². The number of fused-ring (bicyclic) bond motifs is 4. The van der Waals surface area contributed by atoms with Gasteiger partial charge < -0.3 is 4.42 Å². The maximum absolute atomic E-state index is 10.6. The maximum atomic E-state index is 10.6. The fourth-order valence-corrected chi connectivity index (χ4v) is 7.51. The number of furan rings is 1. The zero-order chi connectivity index (χ0) is 61.9. The van der Waals surface area contributed by atoms with E-state index in [0.29, 0.717) is 0 Å². The predicted molar refractivity (Wildman–Crippen MR) is 235 cm³/mol. The van der Waals surface area contributed by atoms with Crippen LogP contribution >= 0.6 is 0 Å². The van der Waals surface area contributed by atoms with E-state index in [2.05, 4.69) is 0 Å². The van der Waals surface area contributed by atoms with Gasteiger partial charge in [-0.1, -0.05) is 157 Å². The Kier molecular flexibility index (Phi) is 2.52. The van der Waals surface area contributed by atoms with Crippen molar-refractivity contribution in [3.05, 3.63) is 181 Å². The van der Waals surface area contributed by atoms with E-state index in [0.717, 1.165) is 0 Å². The zero-order valence-corrected chi connectivity index (χ0v) is 27.4. The van der Waals surface area contributed by atoms with Gasteiger partial charge in [0, 0.05) is 10.8 Å². The summed E-state index contributed by atoms with van der Waals surface area (Å²) in [4.78, 5) is 0. The molecule has 0 aliphatic heterocycles. The Morgan fingerprint density at radius 2 is 0.782 bits per heavy atom. The summed E-state index contributed by atoms with van der Waals surface area (Å²) in [5.74, 6) is 0. The first-order chi connectivity index (χ1) is 39.8. The van der Waals surface area contributed by atoms with E-state index in [1.165, 1.54) is 0 Å². The largest absolute Gasteiger partial charge is 0.456 e. The molecule has 0 aliphatic carbocycles. The third-order valence-corrected chi connectivity index (χ3v) is 9.89. The molecule has 0 amide bonds. The lowest BCUT2D eigenvalue weighted by atomic mass is 9.84. The molecule has 0 radical (unpaired) electrons. The minimum atomic E-state index is -1.17. The van der Waals surface area contributed by atoms with Crippen molar-refractivity contribution in [2.24, 2.45) is 0 Å². The van der Waals surface area contributed by atoms with Crippen LogP contribution in [0.3, 0.4) is 0 Å². The van der Waals surface area contributed by atoms with Crippen molar-refractivity contribution in [2.45, 2.75) is 0 Å². The second kappa shape index (κ2) is 10.7. The summed E-state index contributed by atoms with van der Waals surface area (Å²) in [7, 11) is 0. The van der Waals surface area contributed by atoms with Crippen LogP contribution in [0.4, 0.5) is 0 Å². The molecular formula is C54H30O. The molecule has 1 aromatic heterocycles. The van der Waals surface area contributed by atoms with Gasteiger partial charge in [0.15, 0.2) is 0 Å². The number of hydrogen-bond donors (Lipinski definition) is 0. The van der Waals surface area contributed by atoms with E-state index in [4.69, 9.17) is 23.6 Å². The summed E-state index contributed by atoms with van der Waals surface area (Å²) in [5, 5.41) is -8.22. The van der Waals surface area contributed by atoms with Gasteiger partial charge in [-0.05, 0) is 133 Å². The molecule has 13 aromatic rings. The molecule has 0 bridgehead atoms. The van der Waals surface area contributed by atoms with Crippen LogP contribution in [0.25, 0.3) is 131 Å². The summed E-state index contributed by atoms with van der Waals surface area (Å²) in [5.41, 5.74) is -6.57. The normalized spacial score (nSPS) is 20.0. The van der Waals surface area contributed by atoms with Crippen molar-refractivity contribution in [3.63, 3.8) is 0 Å². The monoisotopic (exact) mass is 724 g/mol. The highest BCUT2D eigenvalue weighted by Crippen LogP contribution is 2.47. The second-order valence-corrected chi connectivity index (χ2v) is 12.8. The van der Waals surface area contributed by atoms with Crippen molar-refractivity contribution in [2.75, 3.05) is 0 Å². The van der Waals surface area contributed by atoms with Crippen LogP contribution < -0.4 is 0 Å². The van der Waals surface area contributed by atoms with E-state index in [1.54, 1.807) is 0 Å². The number of hydrogen-bond acceptors (Lipinski definition) is 1. The highest BCUT2D eigenvalue weighted by molar-refractivity contribution is 6.28. The van der Waals surface area contributed by atoms with Crippen molar-refractivity contribution in [1.29, 1.82) is 0 Å². The fourth-order valence-electron chi connectivity index (χ4n) is 7.51. The van der Waals surface area contributed by atoms with Crippen LogP contribution in [0.5, 0.6) is 0 Å². The van der Waals surface area contributed by atoms with E-state index in [9.17, 15) is 21.9 Å². The molecule has 0 unspecified atom stereocenters. The van der Waals surface area contributed by atoms with Crippen molar-refractivity contribution in [1.82, 2.24) is 0 Å². The van der Waals surface area contributed by atoms with E-state index < -0.39 is 307 Å². The number of rotatable bonds is 3. The minimum Gasteiger partial charge on any atom is -0.456 e. The summed E-state index contributed by atoms with van der Waals surface area (Å²) >= 11 is 0. The van der Waals surface area contributed by atoms with Gasteiger partial charge in [-0.25, -0.2) is 0 Å². The van der Waals surface area contributed by atoms with E-state index in [-0.39, 0.29) is 5.39 Å². The highest BCUT2D eigenvalue weighted by atomic mass is 16.3. The molecule has 0 saturated heterocycles. The third kappa shape index (κ3) is 4.02. The molecule has 55 heavy (non-hydrogen) atoms. The van der Waals surface area contributed by atoms with Gasteiger partial charge in [0.05, 0.1) is 41.1 Å². The Balaban J connectivity index is 1.35. The minimum absolute atomic E-state index is 0.350. The fraction of sp³-hybridized carbons (Fsp3) is 0. The first kappa shape index (κ1) is 13.0. The quantitative estimate of drug-likeness (QED) is 0.165. The summed E-state index contributed by atoms with van der Waals surface area (Å²) in [6.45, 7) is 0. The Morgan fingerprint density at radius 1 is 0.273 bits per heavy atom. The molecule has 0 fully saturated rings. The molecule has 0 spiro atoms. The smallest absolute Gasteiger partial charge is 0.136 e. The van der Waals surface area contributed by atoms with Gasteiger partial charge in [-0.15, -0.1) is 0 Å². The van der Waals surface area contributed by atoms with E-state index >= 15 is 0 Å².